The minimum Gasteiger partial charge on any atom is -0.244 e. The van der Waals surface area contributed by atoms with Gasteiger partial charge in [-0.1, -0.05) is 27.7 Å². The Bertz CT molecular complexity index is 617. The maximum Gasteiger partial charge on any atom is 0.123 e. The Morgan fingerprint density at radius 3 is 2.67 bits per heavy atom. The van der Waals surface area contributed by atoms with Crippen molar-refractivity contribution >= 4 is 21.6 Å². The van der Waals surface area contributed by atoms with Crippen LogP contribution in [-0.4, -0.2) is 4.98 Å². The van der Waals surface area contributed by atoms with Crippen molar-refractivity contribution in [3.05, 3.63) is 28.3 Å². The Hall–Kier alpha value is -1.40. The molecule has 0 saturated heterocycles. The largest absolute Gasteiger partial charge is 0.244 e. The number of nitrogens with zero attached hydrogens (tertiary/aromatic N) is 2. The minimum atomic E-state index is 0.184. The predicted octanol–water partition coefficient (Wildman–Crippen LogP) is 4.42. The van der Waals surface area contributed by atoms with Gasteiger partial charge in [-0.05, 0) is 29.9 Å². The molecule has 3 heteroatoms. The maximum absolute atomic E-state index is 9.14. The second-order valence-corrected chi connectivity index (χ2v) is 6.21. The first-order chi connectivity index (χ1) is 8.53. The standard InChI is InChI=1S/C15H18N2S/c1-5-11-10(8-16)9-17-14-12(11)7-13(18-14)15(3,4)6-2/h7,9H,5-6H2,1-4H3. The monoisotopic (exact) mass is 258 g/mol. The van der Waals surface area contributed by atoms with Gasteiger partial charge in [0.25, 0.3) is 0 Å². The van der Waals surface area contributed by atoms with Crippen LogP contribution in [0.2, 0.25) is 0 Å². The number of hydrogen-bond donors (Lipinski definition) is 0. The molecule has 0 N–H and O–H groups in total. The molecule has 2 aromatic rings. The van der Waals surface area contributed by atoms with Crippen LogP contribution in [0.4, 0.5) is 0 Å². The fraction of sp³-hybridized carbons (Fsp3) is 0.467. The van der Waals surface area contributed by atoms with E-state index in [9.17, 15) is 0 Å². The van der Waals surface area contributed by atoms with E-state index in [4.69, 9.17) is 5.26 Å². The molecule has 0 aliphatic carbocycles. The van der Waals surface area contributed by atoms with Crippen LogP contribution in [0.3, 0.4) is 0 Å². The van der Waals surface area contributed by atoms with Gasteiger partial charge < -0.3 is 0 Å². The highest BCUT2D eigenvalue weighted by atomic mass is 32.1. The normalized spacial score (nSPS) is 11.7. The van der Waals surface area contributed by atoms with E-state index in [1.54, 1.807) is 17.5 Å². The molecule has 2 aromatic heterocycles. The molecule has 0 amide bonds. The SMILES string of the molecule is CCc1c(C#N)cnc2sc(C(C)(C)CC)cc12. The van der Waals surface area contributed by atoms with Crippen LogP contribution in [0.25, 0.3) is 10.2 Å². The third-order valence-electron chi connectivity index (χ3n) is 3.70. The van der Waals surface area contributed by atoms with Gasteiger partial charge in [-0.15, -0.1) is 11.3 Å². The number of nitriles is 1. The number of aryl methyl sites for hydroxylation is 1. The van der Waals surface area contributed by atoms with Gasteiger partial charge in [0.2, 0.25) is 0 Å². The van der Waals surface area contributed by atoms with Gasteiger partial charge in [0, 0.05) is 16.5 Å². The average Bonchev–Trinajstić information content (AvgIpc) is 2.81. The number of hydrogen-bond acceptors (Lipinski definition) is 3. The van der Waals surface area contributed by atoms with Crippen LogP contribution < -0.4 is 0 Å². The summed E-state index contributed by atoms with van der Waals surface area (Å²) in [7, 11) is 0. The molecule has 0 saturated carbocycles. The molecule has 0 aromatic carbocycles. The Morgan fingerprint density at radius 2 is 2.11 bits per heavy atom. The first-order valence-electron chi connectivity index (χ1n) is 6.35. The van der Waals surface area contributed by atoms with E-state index in [0.717, 1.165) is 28.6 Å². The van der Waals surface area contributed by atoms with Crippen LogP contribution in [0.15, 0.2) is 12.3 Å². The molecule has 94 valence electrons. The second-order valence-electron chi connectivity index (χ2n) is 5.18. The van der Waals surface area contributed by atoms with Crippen molar-refractivity contribution in [1.82, 2.24) is 4.98 Å². The number of thiophene rings is 1. The molecule has 0 fully saturated rings. The number of rotatable bonds is 3. The lowest BCUT2D eigenvalue weighted by Gasteiger charge is -2.20. The Morgan fingerprint density at radius 1 is 1.39 bits per heavy atom. The Kier molecular flexibility index (Phi) is 3.41. The number of aromatic nitrogens is 1. The molecule has 0 atom stereocenters. The van der Waals surface area contributed by atoms with Gasteiger partial charge in [-0.3, -0.25) is 0 Å². The summed E-state index contributed by atoms with van der Waals surface area (Å²) < 4.78 is 0. The quantitative estimate of drug-likeness (QED) is 0.817. The Balaban J connectivity index is 2.69. The summed E-state index contributed by atoms with van der Waals surface area (Å²) in [4.78, 5) is 6.84. The fourth-order valence-corrected chi connectivity index (χ4v) is 3.23. The first kappa shape index (κ1) is 13.0. The third-order valence-corrected chi connectivity index (χ3v) is 5.11. The van der Waals surface area contributed by atoms with E-state index < -0.39 is 0 Å². The van der Waals surface area contributed by atoms with Gasteiger partial charge in [0.15, 0.2) is 0 Å². The minimum absolute atomic E-state index is 0.184. The van der Waals surface area contributed by atoms with Crippen molar-refractivity contribution < 1.29 is 0 Å². The summed E-state index contributed by atoms with van der Waals surface area (Å²) >= 11 is 1.76. The van der Waals surface area contributed by atoms with Gasteiger partial charge in [0.05, 0.1) is 5.56 Å². The van der Waals surface area contributed by atoms with Crippen LogP contribution in [0, 0.1) is 11.3 Å². The smallest absolute Gasteiger partial charge is 0.123 e. The zero-order chi connectivity index (χ0) is 13.3. The van der Waals surface area contributed by atoms with E-state index in [2.05, 4.69) is 44.8 Å². The molecule has 2 nitrogen and oxygen atoms in total. The average molecular weight is 258 g/mol. The van der Waals surface area contributed by atoms with Crippen molar-refractivity contribution in [2.75, 3.05) is 0 Å². The van der Waals surface area contributed by atoms with E-state index >= 15 is 0 Å². The topological polar surface area (TPSA) is 36.7 Å². The highest BCUT2D eigenvalue weighted by molar-refractivity contribution is 7.18. The van der Waals surface area contributed by atoms with Gasteiger partial charge in [-0.25, -0.2) is 4.98 Å². The molecule has 0 unspecified atom stereocenters. The van der Waals surface area contributed by atoms with Gasteiger partial charge in [-0.2, -0.15) is 5.26 Å². The molecular weight excluding hydrogens is 240 g/mol. The molecule has 2 heterocycles. The number of pyridine rings is 1. The van der Waals surface area contributed by atoms with Crippen molar-refractivity contribution in [2.45, 2.75) is 46.0 Å². The van der Waals surface area contributed by atoms with Gasteiger partial charge in [0.1, 0.15) is 10.9 Å². The highest BCUT2D eigenvalue weighted by Gasteiger charge is 2.22. The third kappa shape index (κ3) is 2.02. The molecule has 0 aliphatic rings. The van der Waals surface area contributed by atoms with Crippen LogP contribution in [-0.2, 0) is 11.8 Å². The molecule has 0 aliphatic heterocycles. The predicted molar refractivity (Wildman–Crippen MR) is 77.0 cm³/mol. The fourth-order valence-electron chi connectivity index (χ4n) is 2.02. The summed E-state index contributed by atoms with van der Waals surface area (Å²) in [6.07, 6.45) is 3.69. The van der Waals surface area contributed by atoms with E-state index in [-0.39, 0.29) is 5.41 Å². The van der Waals surface area contributed by atoms with Crippen LogP contribution in [0.5, 0.6) is 0 Å². The molecule has 0 spiro atoms. The second kappa shape index (κ2) is 4.70. The lowest BCUT2D eigenvalue weighted by atomic mass is 9.88. The van der Waals surface area contributed by atoms with Crippen LogP contribution >= 0.6 is 11.3 Å². The zero-order valence-electron chi connectivity index (χ0n) is 11.4. The summed E-state index contributed by atoms with van der Waals surface area (Å²) in [5, 5.41) is 10.3. The molecule has 2 rings (SSSR count). The van der Waals surface area contributed by atoms with Crippen molar-refractivity contribution in [2.24, 2.45) is 0 Å². The summed E-state index contributed by atoms with van der Waals surface area (Å²) in [6, 6.07) is 4.48. The summed E-state index contributed by atoms with van der Waals surface area (Å²) in [5.74, 6) is 0. The molecule has 0 bridgehead atoms. The van der Waals surface area contributed by atoms with Crippen molar-refractivity contribution in [3.63, 3.8) is 0 Å². The molecular formula is C15H18N2S. The van der Waals surface area contributed by atoms with Crippen molar-refractivity contribution in [3.8, 4) is 6.07 Å². The lowest BCUT2D eigenvalue weighted by Crippen LogP contribution is -2.12. The lowest BCUT2D eigenvalue weighted by molar-refractivity contribution is 0.517. The Labute approximate surface area is 112 Å². The van der Waals surface area contributed by atoms with E-state index in [0.29, 0.717) is 5.56 Å². The van der Waals surface area contributed by atoms with Crippen molar-refractivity contribution in [1.29, 1.82) is 5.26 Å². The van der Waals surface area contributed by atoms with Crippen LogP contribution in [0.1, 0.15) is 50.1 Å². The first-order valence-corrected chi connectivity index (χ1v) is 7.17. The zero-order valence-corrected chi connectivity index (χ0v) is 12.2. The maximum atomic E-state index is 9.14. The number of fused-ring (bicyclic) bond motifs is 1. The molecule has 0 radical (unpaired) electrons. The molecule has 18 heavy (non-hydrogen) atoms. The summed E-state index contributed by atoms with van der Waals surface area (Å²) in [6.45, 7) is 8.82. The summed E-state index contributed by atoms with van der Waals surface area (Å²) in [5.41, 5.74) is 2.03. The van der Waals surface area contributed by atoms with E-state index in [1.165, 1.54) is 4.88 Å². The van der Waals surface area contributed by atoms with Gasteiger partial charge >= 0.3 is 0 Å². The highest BCUT2D eigenvalue weighted by Crippen LogP contribution is 2.37. The van der Waals surface area contributed by atoms with E-state index in [1.807, 2.05) is 0 Å².